The van der Waals surface area contributed by atoms with Crippen molar-refractivity contribution < 1.29 is 4.74 Å². The lowest BCUT2D eigenvalue weighted by Crippen LogP contribution is -2.27. The molecule has 0 heterocycles. The molecule has 0 N–H and O–H groups in total. The van der Waals surface area contributed by atoms with Crippen molar-refractivity contribution in [1.29, 1.82) is 5.26 Å². The summed E-state index contributed by atoms with van der Waals surface area (Å²) in [6.07, 6.45) is 1.84. The number of anilines is 1. The average molecular weight is 375 g/mol. The van der Waals surface area contributed by atoms with Crippen molar-refractivity contribution in [2.75, 3.05) is 31.2 Å². The predicted octanol–water partition coefficient (Wildman–Crippen LogP) is 5.86. The van der Waals surface area contributed by atoms with E-state index in [0.717, 1.165) is 42.1 Å². The van der Waals surface area contributed by atoms with Crippen LogP contribution in [-0.2, 0) is 4.74 Å². The van der Waals surface area contributed by atoms with Gasteiger partial charge in [0.15, 0.2) is 0 Å². The molecule has 28 heavy (non-hydrogen) atoms. The van der Waals surface area contributed by atoms with E-state index in [2.05, 4.69) is 34.0 Å². The zero-order chi connectivity index (χ0) is 20.4. The summed E-state index contributed by atoms with van der Waals surface area (Å²) in [5, 5.41) is 13.2. The van der Waals surface area contributed by atoms with Gasteiger partial charge in [-0.1, -0.05) is 35.4 Å². The maximum Gasteiger partial charge on any atom is 0.0998 e. The molecule has 0 spiro atoms. The second kappa shape index (κ2) is 10.8. The van der Waals surface area contributed by atoms with Crippen LogP contribution in [0.4, 0.5) is 11.4 Å². The first-order valence-corrected chi connectivity index (χ1v) is 9.33. The third-order valence-electron chi connectivity index (χ3n) is 4.44. The number of ether oxygens (including phenoxy) is 1. The largest absolute Gasteiger partial charge is 0.380 e. The topological polar surface area (TPSA) is 85.0 Å². The first-order chi connectivity index (χ1) is 13.6. The second-order valence-electron chi connectivity index (χ2n) is 6.23. The van der Waals surface area contributed by atoms with E-state index < -0.39 is 0 Å². The van der Waals surface area contributed by atoms with Gasteiger partial charge in [-0.05, 0) is 61.2 Å². The summed E-state index contributed by atoms with van der Waals surface area (Å²) in [7, 11) is 0. The lowest BCUT2D eigenvalue weighted by molar-refractivity contribution is 0.154. The van der Waals surface area contributed by atoms with Gasteiger partial charge in [0.25, 0.3) is 0 Å². The Morgan fingerprint density at radius 3 is 2.57 bits per heavy atom. The number of nitrogens with zero attached hydrogens (tertiary/aromatic N) is 5. The molecule has 0 aliphatic carbocycles. The molecule has 0 atom stereocenters. The average Bonchev–Trinajstić information content (AvgIpc) is 2.71. The molecule has 0 amide bonds. The molecule has 0 radical (unpaired) electrons. The van der Waals surface area contributed by atoms with Crippen LogP contribution in [0, 0.1) is 18.3 Å². The summed E-state index contributed by atoms with van der Waals surface area (Å²) in [5.74, 6) is 0. The van der Waals surface area contributed by atoms with Gasteiger partial charge in [-0.25, -0.2) is 0 Å². The normalized spacial score (nSPS) is 10.9. The molecular weight excluding hydrogens is 350 g/mol. The van der Waals surface area contributed by atoms with Gasteiger partial charge in [-0.15, -0.1) is 0 Å². The van der Waals surface area contributed by atoms with Crippen molar-refractivity contribution in [3.8, 4) is 6.07 Å². The Bertz CT molecular complexity index is 906. The summed E-state index contributed by atoms with van der Waals surface area (Å²) in [4.78, 5) is 5.03. The fraction of sp³-hybridized carbons (Fsp3) is 0.318. The molecule has 144 valence electrons. The summed E-state index contributed by atoms with van der Waals surface area (Å²) in [6.45, 7) is 9.28. The quantitative estimate of drug-likeness (QED) is 0.137. The fourth-order valence-electron chi connectivity index (χ4n) is 2.96. The van der Waals surface area contributed by atoms with Crippen LogP contribution in [0.15, 0.2) is 47.6 Å². The molecule has 0 bridgehead atoms. The monoisotopic (exact) mass is 375 g/mol. The van der Waals surface area contributed by atoms with Gasteiger partial charge in [0, 0.05) is 36.0 Å². The first kappa shape index (κ1) is 21.0. The maximum atomic E-state index is 9.66. The van der Waals surface area contributed by atoms with E-state index in [0.29, 0.717) is 17.9 Å². The number of nitriles is 1. The number of rotatable bonds is 9. The Balaban J connectivity index is 2.27. The summed E-state index contributed by atoms with van der Waals surface area (Å²) >= 11 is 0. The van der Waals surface area contributed by atoms with E-state index in [1.807, 2.05) is 44.2 Å². The van der Waals surface area contributed by atoms with E-state index in [-0.39, 0.29) is 0 Å². The van der Waals surface area contributed by atoms with Crippen molar-refractivity contribution in [2.45, 2.75) is 20.8 Å². The van der Waals surface area contributed by atoms with Crippen molar-refractivity contribution in [1.82, 2.24) is 0 Å². The van der Waals surface area contributed by atoms with Crippen LogP contribution in [0.25, 0.3) is 22.1 Å². The van der Waals surface area contributed by atoms with Gasteiger partial charge in [-0.3, -0.25) is 0 Å². The summed E-state index contributed by atoms with van der Waals surface area (Å²) in [6, 6.07) is 15.6. The Morgan fingerprint density at radius 1 is 1.25 bits per heavy atom. The molecule has 0 fully saturated rings. The van der Waals surface area contributed by atoms with Crippen LogP contribution < -0.4 is 4.90 Å². The molecule has 2 aromatic carbocycles. The number of aryl methyl sites for hydroxylation is 1. The fourth-order valence-corrected chi connectivity index (χ4v) is 2.96. The smallest absolute Gasteiger partial charge is 0.0998 e. The molecule has 0 saturated heterocycles. The molecular formula is C22H25N5O. The van der Waals surface area contributed by atoms with Crippen LogP contribution in [0.3, 0.4) is 0 Å². The van der Waals surface area contributed by atoms with Crippen LogP contribution in [0.5, 0.6) is 0 Å². The number of hydrogen-bond donors (Lipinski definition) is 0. The number of allylic oxidation sites excluding steroid dienone is 1. The standard InChI is InChI=1S/C22H25N5O/c1-4-27(12-13-28-5-2)21-10-11-22(17(3)14-21)19(16-23)15-18-6-8-20(9-7-18)25-26-24/h6-11,14-15H,4-5,12-13H2,1-3H3. The number of likely N-dealkylation sites (N-methyl/N-ethyl adjacent to an activating group) is 1. The summed E-state index contributed by atoms with van der Waals surface area (Å²) < 4.78 is 5.47. The highest BCUT2D eigenvalue weighted by Crippen LogP contribution is 2.26. The number of azide groups is 1. The van der Waals surface area contributed by atoms with Gasteiger partial charge < -0.3 is 9.64 Å². The molecule has 2 aromatic rings. The van der Waals surface area contributed by atoms with Gasteiger partial charge in [-0.2, -0.15) is 5.26 Å². The maximum absolute atomic E-state index is 9.66. The molecule has 6 heteroatoms. The minimum Gasteiger partial charge on any atom is -0.380 e. The van der Waals surface area contributed by atoms with E-state index >= 15 is 0 Å². The molecule has 0 saturated carbocycles. The highest BCUT2D eigenvalue weighted by molar-refractivity contribution is 5.91. The predicted molar refractivity (Wildman–Crippen MR) is 114 cm³/mol. The molecule has 6 nitrogen and oxygen atoms in total. The Labute approximate surface area is 166 Å². The minimum absolute atomic E-state index is 0.547. The molecule has 0 aliphatic heterocycles. The SMILES string of the molecule is CCOCCN(CC)c1ccc(C(C#N)=Cc2ccc(N=[N+]=[N-])cc2)c(C)c1. The number of hydrogen-bond acceptors (Lipinski definition) is 4. The highest BCUT2D eigenvalue weighted by atomic mass is 16.5. The lowest BCUT2D eigenvalue weighted by atomic mass is 9.98. The van der Waals surface area contributed by atoms with Crippen LogP contribution >= 0.6 is 0 Å². The van der Waals surface area contributed by atoms with Gasteiger partial charge in [0.2, 0.25) is 0 Å². The molecule has 2 rings (SSSR count). The van der Waals surface area contributed by atoms with E-state index in [1.165, 1.54) is 0 Å². The van der Waals surface area contributed by atoms with Crippen molar-refractivity contribution in [2.24, 2.45) is 5.11 Å². The second-order valence-corrected chi connectivity index (χ2v) is 6.23. The van der Waals surface area contributed by atoms with Crippen molar-refractivity contribution in [3.05, 3.63) is 69.6 Å². The zero-order valence-electron chi connectivity index (χ0n) is 16.6. The van der Waals surface area contributed by atoms with E-state index in [9.17, 15) is 5.26 Å². The first-order valence-electron chi connectivity index (χ1n) is 9.33. The number of benzene rings is 2. The Kier molecular flexibility index (Phi) is 8.11. The molecule has 0 unspecified atom stereocenters. The summed E-state index contributed by atoms with van der Waals surface area (Å²) in [5.41, 5.74) is 13.6. The van der Waals surface area contributed by atoms with E-state index in [1.54, 1.807) is 12.1 Å². The lowest BCUT2D eigenvalue weighted by Gasteiger charge is -2.24. The third kappa shape index (κ3) is 5.62. The van der Waals surface area contributed by atoms with Gasteiger partial charge in [0.1, 0.15) is 0 Å². The van der Waals surface area contributed by atoms with Crippen LogP contribution in [0.1, 0.15) is 30.5 Å². The van der Waals surface area contributed by atoms with Crippen molar-refractivity contribution >= 4 is 23.0 Å². The van der Waals surface area contributed by atoms with E-state index in [4.69, 9.17) is 10.3 Å². The van der Waals surface area contributed by atoms with Crippen molar-refractivity contribution in [3.63, 3.8) is 0 Å². The Hall–Kier alpha value is -3.26. The third-order valence-corrected chi connectivity index (χ3v) is 4.44. The molecule has 0 aromatic heterocycles. The van der Waals surface area contributed by atoms with Crippen LogP contribution in [-0.4, -0.2) is 26.3 Å². The zero-order valence-corrected chi connectivity index (χ0v) is 16.6. The Morgan fingerprint density at radius 2 is 2.00 bits per heavy atom. The van der Waals surface area contributed by atoms with Crippen LogP contribution in [0.2, 0.25) is 0 Å². The van der Waals surface area contributed by atoms with Gasteiger partial charge in [0.05, 0.1) is 18.2 Å². The highest BCUT2D eigenvalue weighted by Gasteiger charge is 2.10. The van der Waals surface area contributed by atoms with Gasteiger partial charge >= 0.3 is 0 Å². The minimum atomic E-state index is 0.547. The molecule has 0 aliphatic rings.